The van der Waals surface area contributed by atoms with E-state index >= 15 is 0 Å². The lowest BCUT2D eigenvalue weighted by Crippen LogP contribution is -2.48. The Morgan fingerprint density at radius 1 is 0.966 bits per heavy atom. The van der Waals surface area contributed by atoms with Crippen LogP contribution >= 0.6 is 11.6 Å². The first-order chi connectivity index (χ1) is 13.8. The lowest BCUT2D eigenvalue weighted by Gasteiger charge is -2.22. The smallest absolute Gasteiger partial charge is 0.335 e. The van der Waals surface area contributed by atoms with Gasteiger partial charge in [0, 0.05) is 11.4 Å². The van der Waals surface area contributed by atoms with E-state index < -0.39 is 30.0 Å². The van der Waals surface area contributed by atoms with E-state index in [-0.39, 0.29) is 18.4 Å². The number of aromatic carboxylic acids is 1. The Kier molecular flexibility index (Phi) is 8.18. The number of carboxylic acids is 2. The zero-order chi connectivity index (χ0) is 21.4. The van der Waals surface area contributed by atoms with Crippen LogP contribution in [0.3, 0.4) is 0 Å². The molecule has 2 atom stereocenters. The van der Waals surface area contributed by atoms with Gasteiger partial charge in [-0.1, -0.05) is 48.0 Å². The maximum Gasteiger partial charge on any atom is 0.335 e. The molecule has 0 aliphatic rings. The summed E-state index contributed by atoms with van der Waals surface area (Å²) in [5, 5.41) is 31.3. The van der Waals surface area contributed by atoms with Gasteiger partial charge in [0.1, 0.15) is 0 Å². The molecular weight excluding hydrogens is 398 g/mol. The molecule has 2 rings (SSSR count). The van der Waals surface area contributed by atoms with E-state index in [1.54, 1.807) is 42.5 Å². The van der Waals surface area contributed by atoms with Crippen molar-refractivity contribution in [1.29, 1.82) is 0 Å². The third-order valence-corrected chi connectivity index (χ3v) is 4.84. The van der Waals surface area contributed by atoms with Crippen molar-refractivity contribution in [3.63, 3.8) is 0 Å². The molecule has 0 aliphatic carbocycles. The van der Waals surface area contributed by atoms with Crippen molar-refractivity contribution in [1.82, 2.24) is 5.32 Å². The van der Waals surface area contributed by atoms with Gasteiger partial charge >= 0.3 is 11.9 Å². The van der Waals surface area contributed by atoms with Gasteiger partial charge in [-0.3, -0.25) is 4.79 Å². The molecule has 154 valence electrons. The van der Waals surface area contributed by atoms with E-state index in [1.165, 1.54) is 6.07 Å². The molecule has 0 spiro atoms. The summed E-state index contributed by atoms with van der Waals surface area (Å²) in [5.41, 5.74) is 1.41. The summed E-state index contributed by atoms with van der Waals surface area (Å²) in [5.74, 6) is -2.91. The molecule has 2 aromatic carbocycles. The minimum Gasteiger partial charge on any atom is -0.479 e. The number of hydrogen-bond acceptors (Lipinski definition) is 4. The summed E-state index contributed by atoms with van der Waals surface area (Å²) in [7, 11) is 0. The van der Waals surface area contributed by atoms with Gasteiger partial charge in [0.25, 0.3) is 0 Å². The number of aliphatic carboxylic acids is 1. The number of halogens is 1. The topological polar surface area (TPSA) is 124 Å². The van der Waals surface area contributed by atoms with Crippen LogP contribution in [0.15, 0.2) is 48.5 Å². The first-order valence-corrected chi connectivity index (χ1v) is 9.42. The fraction of sp³-hybridized carbons (Fsp3) is 0.286. The molecule has 0 bridgehead atoms. The van der Waals surface area contributed by atoms with Crippen LogP contribution in [0, 0.1) is 0 Å². The highest BCUT2D eigenvalue weighted by atomic mass is 35.5. The van der Waals surface area contributed by atoms with Crippen LogP contribution in [-0.2, 0) is 22.4 Å². The average Bonchev–Trinajstić information content (AvgIpc) is 2.68. The number of carboxylic acid groups (broad SMARTS) is 2. The largest absolute Gasteiger partial charge is 0.479 e. The van der Waals surface area contributed by atoms with Crippen LogP contribution in [0.1, 0.15) is 34.3 Å². The third-order valence-electron chi connectivity index (χ3n) is 4.48. The van der Waals surface area contributed by atoms with Gasteiger partial charge in [-0.05, 0) is 42.5 Å². The van der Waals surface area contributed by atoms with Crippen molar-refractivity contribution >= 4 is 29.4 Å². The van der Waals surface area contributed by atoms with Gasteiger partial charge < -0.3 is 20.6 Å². The summed E-state index contributed by atoms with van der Waals surface area (Å²) in [6.07, 6.45) is -0.923. The van der Waals surface area contributed by atoms with Crippen LogP contribution in [0.25, 0.3) is 0 Å². The molecule has 1 amide bonds. The van der Waals surface area contributed by atoms with Crippen molar-refractivity contribution < 1.29 is 29.7 Å². The Bertz CT molecular complexity index is 885. The molecule has 0 heterocycles. The van der Waals surface area contributed by atoms with Gasteiger partial charge in [0.15, 0.2) is 6.10 Å². The van der Waals surface area contributed by atoms with Crippen molar-refractivity contribution in [3.05, 3.63) is 70.2 Å². The Morgan fingerprint density at radius 3 is 2.21 bits per heavy atom. The van der Waals surface area contributed by atoms with Crippen LogP contribution in [-0.4, -0.2) is 45.3 Å². The molecule has 7 nitrogen and oxygen atoms in total. The first-order valence-electron chi connectivity index (χ1n) is 9.04. The van der Waals surface area contributed by atoms with Crippen LogP contribution in [0.5, 0.6) is 0 Å². The van der Waals surface area contributed by atoms with Crippen molar-refractivity contribution in [2.75, 3.05) is 0 Å². The van der Waals surface area contributed by atoms with Gasteiger partial charge in [0.2, 0.25) is 5.91 Å². The molecule has 0 fully saturated rings. The van der Waals surface area contributed by atoms with Crippen LogP contribution in [0.4, 0.5) is 0 Å². The van der Waals surface area contributed by atoms with Crippen molar-refractivity contribution in [2.24, 2.45) is 0 Å². The SMILES string of the molecule is O=C(CCCc1ccccc1C(=O)O)N[C@H](Cc1ccccc1Cl)[C@@H](O)C(=O)O. The fourth-order valence-corrected chi connectivity index (χ4v) is 3.19. The molecule has 4 N–H and O–H groups in total. The van der Waals surface area contributed by atoms with Crippen LogP contribution < -0.4 is 5.32 Å². The quantitative estimate of drug-likeness (QED) is 0.469. The number of carbonyl (C=O) groups is 3. The van der Waals surface area contributed by atoms with Crippen LogP contribution in [0.2, 0.25) is 5.02 Å². The molecule has 29 heavy (non-hydrogen) atoms. The molecular formula is C21H22ClNO6. The maximum atomic E-state index is 12.3. The second-order valence-corrected chi connectivity index (χ2v) is 6.98. The zero-order valence-electron chi connectivity index (χ0n) is 15.5. The number of amides is 1. The Morgan fingerprint density at radius 2 is 1.59 bits per heavy atom. The minimum absolute atomic E-state index is 0.0549. The lowest BCUT2D eigenvalue weighted by molar-refractivity contribution is -0.148. The number of aryl methyl sites for hydroxylation is 1. The second kappa shape index (κ2) is 10.6. The molecule has 0 saturated carbocycles. The van der Waals surface area contributed by atoms with E-state index in [1.807, 2.05) is 0 Å². The number of aliphatic hydroxyl groups is 1. The average molecular weight is 420 g/mol. The zero-order valence-corrected chi connectivity index (χ0v) is 16.3. The third kappa shape index (κ3) is 6.58. The number of aliphatic hydroxyl groups excluding tert-OH is 1. The molecule has 0 aromatic heterocycles. The van der Waals surface area contributed by atoms with E-state index in [0.717, 1.165) is 0 Å². The predicted molar refractivity (Wildman–Crippen MR) is 107 cm³/mol. The van der Waals surface area contributed by atoms with Gasteiger partial charge in [-0.25, -0.2) is 9.59 Å². The summed E-state index contributed by atoms with van der Waals surface area (Å²) < 4.78 is 0. The number of nitrogens with one attached hydrogen (secondary N) is 1. The standard InChI is InChI=1S/C21H22ClNO6/c22-16-10-4-2-7-14(16)12-17(19(25)21(28)29)23-18(24)11-5-8-13-6-1-3-9-15(13)20(26)27/h1-4,6-7,9-10,17,19,25H,5,8,11-12H2,(H,23,24)(H,26,27)(H,28,29)/t17-,19-/m1/s1. The highest BCUT2D eigenvalue weighted by Gasteiger charge is 2.28. The van der Waals surface area contributed by atoms with E-state index in [9.17, 15) is 24.6 Å². The summed E-state index contributed by atoms with van der Waals surface area (Å²) in [6, 6.07) is 12.3. The van der Waals surface area contributed by atoms with E-state index in [0.29, 0.717) is 29.0 Å². The molecule has 8 heteroatoms. The van der Waals surface area contributed by atoms with Gasteiger partial charge in [-0.2, -0.15) is 0 Å². The highest BCUT2D eigenvalue weighted by molar-refractivity contribution is 6.31. The molecule has 0 aliphatic heterocycles. The van der Waals surface area contributed by atoms with Crippen molar-refractivity contribution in [2.45, 2.75) is 37.8 Å². The summed E-state index contributed by atoms with van der Waals surface area (Å²) in [6.45, 7) is 0. The number of carbonyl (C=O) groups excluding carboxylic acids is 1. The normalized spacial score (nSPS) is 12.8. The Balaban J connectivity index is 1.98. The number of rotatable bonds is 10. The lowest BCUT2D eigenvalue weighted by atomic mass is 10.00. The van der Waals surface area contributed by atoms with Gasteiger partial charge in [0.05, 0.1) is 11.6 Å². The van der Waals surface area contributed by atoms with E-state index in [4.69, 9.17) is 16.7 Å². The Labute approximate surface area is 172 Å². The van der Waals surface area contributed by atoms with Gasteiger partial charge in [-0.15, -0.1) is 0 Å². The fourth-order valence-electron chi connectivity index (χ4n) is 2.98. The minimum atomic E-state index is -1.79. The summed E-state index contributed by atoms with van der Waals surface area (Å²) >= 11 is 6.09. The molecule has 0 radical (unpaired) electrons. The molecule has 2 aromatic rings. The first kappa shape index (κ1) is 22.4. The number of hydrogen-bond donors (Lipinski definition) is 4. The monoisotopic (exact) mass is 419 g/mol. The second-order valence-electron chi connectivity index (χ2n) is 6.57. The number of benzene rings is 2. The predicted octanol–water partition coefficient (Wildman–Crippen LogP) is 2.53. The molecule has 0 unspecified atom stereocenters. The van der Waals surface area contributed by atoms with Crippen molar-refractivity contribution in [3.8, 4) is 0 Å². The maximum absolute atomic E-state index is 12.3. The highest BCUT2D eigenvalue weighted by Crippen LogP contribution is 2.18. The molecule has 0 saturated heterocycles. The van der Waals surface area contributed by atoms with E-state index in [2.05, 4.69) is 5.32 Å². The Hall–Kier alpha value is -2.90. The summed E-state index contributed by atoms with van der Waals surface area (Å²) in [4.78, 5) is 34.7.